The number of hydrogen-bond donors (Lipinski definition) is 1. The molecule has 156 valence electrons. The molecule has 2 aromatic carbocycles. The Balaban J connectivity index is 1.73. The third kappa shape index (κ3) is 4.83. The van der Waals surface area contributed by atoms with Gasteiger partial charge in [-0.25, -0.2) is 0 Å². The summed E-state index contributed by atoms with van der Waals surface area (Å²) in [6.07, 6.45) is -2.71. The van der Waals surface area contributed by atoms with E-state index in [4.69, 9.17) is 4.74 Å². The SMILES string of the molecule is CCOc1ccccc1C(=O)N1CCC[C@@H](Nc2ccc(C(F)(F)F)cc2)[C@@H]1C. The Morgan fingerprint density at radius 1 is 1.17 bits per heavy atom. The van der Waals surface area contributed by atoms with Crippen molar-refractivity contribution in [3.63, 3.8) is 0 Å². The van der Waals surface area contributed by atoms with Crippen LogP contribution in [0.4, 0.5) is 18.9 Å². The normalized spacial score (nSPS) is 19.7. The van der Waals surface area contributed by atoms with Gasteiger partial charge in [-0.15, -0.1) is 0 Å². The molecule has 0 aliphatic carbocycles. The molecule has 7 heteroatoms. The van der Waals surface area contributed by atoms with Gasteiger partial charge in [-0.3, -0.25) is 4.79 Å². The van der Waals surface area contributed by atoms with E-state index in [1.807, 2.05) is 30.9 Å². The standard InChI is InChI=1S/C22H25F3N2O2/c1-3-29-20-9-5-4-7-18(20)21(28)27-14-6-8-19(15(27)2)26-17-12-10-16(11-13-17)22(23,24)25/h4-5,7,9-13,15,19,26H,3,6,8,14H2,1-2H3/t15-,19+/m0/s1. The fourth-order valence-corrected chi connectivity index (χ4v) is 3.67. The molecule has 1 aliphatic rings. The molecule has 3 rings (SSSR count). The quantitative estimate of drug-likeness (QED) is 0.741. The molecular weight excluding hydrogens is 381 g/mol. The van der Waals surface area contributed by atoms with Crippen molar-refractivity contribution in [2.45, 2.75) is 44.9 Å². The lowest BCUT2D eigenvalue weighted by Crippen LogP contribution is -2.52. The molecule has 0 spiro atoms. The van der Waals surface area contributed by atoms with Crippen LogP contribution in [0.15, 0.2) is 48.5 Å². The Morgan fingerprint density at radius 2 is 1.86 bits per heavy atom. The summed E-state index contributed by atoms with van der Waals surface area (Å²) < 4.78 is 43.9. The summed E-state index contributed by atoms with van der Waals surface area (Å²) in [5, 5.41) is 3.29. The minimum Gasteiger partial charge on any atom is -0.493 e. The summed E-state index contributed by atoms with van der Waals surface area (Å²) in [6, 6.07) is 12.0. The van der Waals surface area contributed by atoms with Crippen molar-refractivity contribution in [3.8, 4) is 5.75 Å². The molecule has 0 saturated carbocycles. The lowest BCUT2D eigenvalue weighted by atomic mass is 9.96. The fraction of sp³-hybridized carbons (Fsp3) is 0.409. The third-order valence-electron chi connectivity index (χ3n) is 5.23. The number of nitrogens with one attached hydrogen (secondary N) is 1. The van der Waals surface area contributed by atoms with Crippen LogP contribution in [-0.4, -0.2) is 36.0 Å². The average Bonchev–Trinajstić information content (AvgIpc) is 2.69. The number of hydrogen-bond acceptors (Lipinski definition) is 3. The summed E-state index contributed by atoms with van der Waals surface area (Å²) in [5.74, 6) is 0.463. The molecule has 2 aromatic rings. The zero-order chi connectivity index (χ0) is 21.0. The number of carbonyl (C=O) groups is 1. The molecule has 0 radical (unpaired) electrons. The lowest BCUT2D eigenvalue weighted by Gasteiger charge is -2.40. The number of ether oxygens (including phenoxy) is 1. The van der Waals surface area contributed by atoms with Gasteiger partial charge in [0.25, 0.3) is 5.91 Å². The smallest absolute Gasteiger partial charge is 0.416 e. The Bertz CT molecular complexity index is 837. The van der Waals surface area contributed by atoms with Gasteiger partial charge < -0.3 is 15.0 Å². The maximum Gasteiger partial charge on any atom is 0.416 e. The fourth-order valence-electron chi connectivity index (χ4n) is 3.67. The van der Waals surface area contributed by atoms with E-state index in [-0.39, 0.29) is 18.0 Å². The maximum atomic E-state index is 13.2. The number of halogens is 3. The first-order valence-electron chi connectivity index (χ1n) is 9.78. The van der Waals surface area contributed by atoms with Crippen LogP contribution in [0, 0.1) is 0 Å². The lowest BCUT2D eigenvalue weighted by molar-refractivity contribution is -0.137. The van der Waals surface area contributed by atoms with Gasteiger partial charge in [0.05, 0.1) is 17.7 Å². The van der Waals surface area contributed by atoms with Crippen molar-refractivity contribution in [1.29, 1.82) is 0 Å². The topological polar surface area (TPSA) is 41.6 Å². The van der Waals surface area contributed by atoms with Crippen molar-refractivity contribution in [2.75, 3.05) is 18.5 Å². The first-order valence-corrected chi connectivity index (χ1v) is 9.78. The predicted octanol–water partition coefficient (Wildman–Crippen LogP) is 5.21. The highest BCUT2D eigenvalue weighted by atomic mass is 19.4. The second-order valence-corrected chi connectivity index (χ2v) is 7.14. The average molecular weight is 406 g/mol. The number of anilines is 1. The van der Waals surface area contributed by atoms with E-state index in [0.29, 0.717) is 30.2 Å². The Labute approximate surface area is 168 Å². The van der Waals surface area contributed by atoms with Gasteiger partial charge in [-0.05, 0) is 63.1 Å². The highest BCUT2D eigenvalue weighted by Gasteiger charge is 2.33. The maximum absolute atomic E-state index is 13.2. The van der Waals surface area contributed by atoms with E-state index < -0.39 is 11.7 Å². The molecule has 1 N–H and O–H groups in total. The minimum atomic E-state index is -4.35. The van der Waals surface area contributed by atoms with E-state index in [2.05, 4.69) is 5.32 Å². The first-order chi connectivity index (χ1) is 13.8. The number of para-hydroxylation sites is 1. The number of nitrogens with zero attached hydrogens (tertiary/aromatic N) is 1. The van der Waals surface area contributed by atoms with Crippen LogP contribution in [0.25, 0.3) is 0 Å². The Kier molecular flexibility index (Phi) is 6.35. The van der Waals surface area contributed by atoms with Crippen LogP contribution >= 0.6 is 0 Å². The van der Waals surface area contributed by atoms with Gasteiger partial charge in [0.15, 0.2) is 0 Å². The monoisotopic (exact) mass is 406 g/mol. The van der Waals surface area contributed by atoms with Crippen molar-refractivity contribution in [3.05, 3.63) is 59.7 Å². The molecule has 0 aromatic heterocycles. The van der Waals surface area contributed by atoms with E-state index >= 15 is 0 Å². The third-order valence-corrected chi connectivity index (χ3v) is 5.23. The van der Waals surface area contributed by atoms with Crippen molar-refractivity contribution in [1.82, 2.24) is 4.90 Å². The van der Waals surface area contributed by atoms with Crippen molar-refractivity contribution >= 4 is 11.6 Å². The Morgan fingerprint density at radius 3 is 2.52 bits per heavy atom. The van der Waals surface area contributed by atoms with Crippen LogP contribution in [0.5, 0.6) is 5.75 Å². The Hall–Kier alpha value is -2.70. The summed E-state index contributed by atoms with van der Waals surface area (Å²) in [6.45, 7) is 4.93. The zero-order valence-electron chi connectivity index (χ0n) is 16.5. The minimum absolute atomic E-state index is 0.0521. The van der Waals surface area contributed by atoms with E-state index in [9.17, 15) is 18.0 Å². The van der Waals surface area contributed by atoms with E-state index in [0.717, 1.165) is 25.0 Å². The molecule has 29 heavy (non-hydrogen) atoms. The molecule has 0 unspecified atom stereocenters. The summed E-state index contributed by atoms with van der Waals surface area (Å²) in [5.41, 5.74) is 0.458. The van der Waals surface area contributed by atoms with Crippen LogP contribution in [0.2, 0.25) is 0 Å². The molecule has 2 atom stereocenters. The largest absolute Gasteiger partial charge is 0.493 e. The second-order valence-electron chi connectivity index (χ2n) is 7.14. The number of carbonyl (C=O) groups excluding carboxylic acids is 1. The highest BCUT2D eigenvalue weighted by Crippen LogP contribution is 2.31. The van der Waals surface area contributed by atoms with Crippen LogP contribution < -0.4 is 10.1 Å². The number of alkyl halides is 3. The van der Waals surface area contributed by atoms with Gasteiger partial charge >= 0.3 is 6.18 Å². The highest BCUT2D eigenvalue weighted by molar-refractivity contribution is 5.97. The number of rotatable bonds is 5. The predicted molar refractivity (Wildman–Crippen MR) is 106 cm³/mol. The van der Waals surface area contributed by atoms with Crippen LogP contribution in [0.1, 0.15) is 42.6 Å². The van der Waals surface area contributed by atoms with Gasteiger partial charge in [-0.2, -0.15) is 13.2 Å². The molecule has 0 bridgehead atoms. The number of piperidine rings is 1. The number of amides is 1. The van der Waals surface area contributed by atoms with Gasteiger partial charge in [0, 0.05) is 24.3 Å². The molecule has 4 nitrogen and oxygen atoms in total. The van der Waals surface area contributed by atoms with Crippen LogP contribution in [0.3, 0.4) is 0 Å². The van der Waals surface area contributed by atoms with Crippen molar-refractivity contribution < 1.29 is 22.7 Å². The molecule has 1 aliphatic heterocycles. The van der Waals surface area contributed by atoms with E-state index in [1.54, 1.807) is 12.1 Å². The van der Waals surface area contributed by atoms with Gasteiger partial charge in [0.1, 0.15) is 5.75 Å². The molecule has 1 fully saturated rings. The second kappa shape index (κ2) is 8.76. The zero-order valence-corrected chi connectivity index (χ0v) is 16.5. The van der Waals surface area contributed by atoms with Gasteiger partial charge in [-0.1, -0.05) is 12.1 Å². The number of benzene rings is 2. The summed E-state index contributed by atoms with van der Waals surface area (Å²) in [4.78, 5) is 15.0. The summed E-state index contributed by atoms with van der Waals surface area (Å²) >= 11 is 0. The molecule has 1 amide bonds. The first kappa shape index (κ1) is 21.0. The molecule has 1 saturated heterocycles. The molecule has 1 heterocycles. The van der Waals surface area contributed by atoms with Crippen molar-refractivity contribution in [2.24, 2.45) is 0 Å². The summed E-state index contributed by atoms with van der Waals surface area (Å²) in [7, 11) is 0. The number of likely N-dealkylation sites (tertiary alicyclic amines) is 1. The van der Waals surface area contributed by atoms with Crippen LogP contribution in [-0.2, 0) is 6.18 Å². The molecular formula is C22H25F3N2O2. The van der Waals surface area contributed by atoms with E-state index in [1.165, 1.54) is 12.1 Å². The van der Waals surface area contributed by atoms with Gasteiger partial charge in [0.2, 0.25) is 0 Å².